The molecule has 2 atom stereocenters. The number of piperazine rings is 1. The molecule has 1 fully saturated rings. The zero-order valence-corrected chi connectivity index (χ0v) is 11.3. The third-order valence-electron chi connectivity index (χ3n) is 3.73. The third-order valence-corrected chi connectivity index (χ3v) is 3.73. The van der Waals surface area contributed by atoms with Gasteiger partial charge >= 0.3 is 0 Å². The number of likely N-dealkylation sites (N-methyl/N-ethyl adjacent to an activating group) is 1. The van der Waals surface area contributed by atoms with Crippen LogP contribution in [0, 0.1) is 0 Å². The Morgan fingerprint density at radius 3 is 2.71 bits per heavy atom. The second kappa shape index (κ2) is 6.93. The number of carbonyl (C=O) groups excluding carboxylic acids is 1. The molecule has 1 saturated heterocycles. The van der Waals surface area contributed by atoms with Crippen molar-refractivity contribution in [2.24, 2.45) is 5.84 Å². The Morgan fingerprint density at radius 2 is 2.18 bits per heavy atom. The first-order chi connectivity index (χ1) is 8.13. The van der Waals surface area contributed by atoms with Crippen LogP contribution in [0.2, 0.25) is 0 Å². The number of amides is 1. The van der Waals surface area contributed by atoms with E-state index >= 15 is 0 Å². The van der Waals surface area contributed by atoms with E-state index in [0.717, 1.165) is 38.9 Å². The minimum absolute atomic E-state index is 0.0498. The SMILES string of the molecule is CCCC(C(=O)NN)N1CCN(C)C(CC)C1. The van der Waals surface area contributed by atoms with E-state index in [9.17, 15) is 4.79 Å². The Labute approximate surface area is 104 Å². The highest BCUT2D eigenvalue weighted by Gasteiger charge is 2.30. The highest BCUT2D eigenvalue weighted by Crippen LogP contribution is 2.16. The first-order valence-electron chi connectivity index (χ1n) is 6.58. The van der Waals surface area contributed by atoms with Gasteiger partial charge in [0.05, 0.1) is 6.04 Å². The summed E-state index contributed by atoms with van der Waals surface area (Å²) in [6, 6.07) is 0.487. The molecule has 0 radical (unpaired) electrons. The largest absolute Gasteiger partial charge is 0.301 e. The molecule has 1 amide bonds. The molecule has 100 valence electrons. The van der Waals surface area contributed by atoms with Crippen LogP contribution < -0.4 is 11.3 Å². The van der Waals surface area contributed by atoms with E-state index in [4.69, 9.17) is 5.84 Å². The highest BCUT2D eigenvalue weighted by atomic mass is 16.2. The monoisotopic (exact) mass is 242 g/mol. The quantitative estimate of drug-likeness (QED) is 0.410. The summed E-state index contributed by atoms with van der Waals surface area (Å²) in [5.41, 5.74) is 2.30. The molecule has 0 aromatic carbocycles. The van der Waals surface area contributed by atoms with Crippen LogP contribution >= 0.6 is 0 Å². The summed E-state index contributed by atoms with van der Waals surface area (Å²) in [5.74, 6) is 5.22. The molecule has 1 rings (SSSR count). The number of hydrogen-bond acceptors (Lipinski definition) is 4. The van der Waals surface area contributed by atoms with E-state index in [1.54, 1.807) is 0 Å². The molecular weight excluding hydrogens is 216 g/mol. The minimum atomic E-state index is -0.0623. The smallest absolute Gasteiger partial charge is 0.251 e. The van der Waals surface area contributed by atoms with E-state index in [1.807, 2.05) is 0 Å². The standard InChI is InChI=1S/C12H26N4O/c1-4-6-11(12(17)14-13)16-8-7-15(3)10(5-2)9-16/h10-11H,4-9,13H2,1-3H3,(H,14,17). The molecule has 0 spiro atoms. The fourth-order valence-corrected chi connectivity index (χ4v) is 2.54. The summed E-state index contributed by atoms with van der Waals surface area (Å²) < 4.78 is 0. The fourth-order valence-electron chi connectivity index (χ4n) is 2.54. The average molecular weight is 242 g/mol. The van der Waals surface area contributed by atoms with Crippen molar-refractivity contribution in [2.75, 3.05) is 26.7 Å². The maximum absolute atomic E-state index is 11.8. The number of hydrazine groups is 1. The third kappa shape index (κ3) is 3.66. The Morgan fingerprint density at radius 1 is 1.47 bits per heavy atom. The molecule has 17 heavy (non-hydrogen) atoms. The first kappa shape index (κ1) is 14.4. The minimum Gasteiger partial charge on any atom is -0.301 e. The number of nitrogens with zero attached hydrogens (tertiary/aromatic N) is 2. The molecular formula is C12H26N4O. The zero-order valence-electron chi connectivity index (χ0n) is 11.3. The van der Waals surface area contributed by atoms with Crippen molar-refractivity contribution in [3.05, 3.63) is 0 Å². The van der Waals surface area contributed by atoms with Gasteiger partial charge in [-0.2, -0.15) is 0 Å². The van der Waals surface area contributed by atoms with Gasteiger partial charge in [-0.25, -0.2) is 5.84 Å². The lowest BCUT2D eigenvalue weighted by atomic mass is 10.0. The predicted molar refractivity (Wildman–Crippen MR) is 69.3 cm³/mol. The van der Waals surface area contributed by atoms with Crippen LogP contribution in [-0.4, -0.2) is 54.5 Å². The lowest BCUT2D eigenvalue weighted by Gasteiger charge is -2.42. The van der Waals surface area contributed by atoms with Gasteiger partial charge in [-0.3, -0.25) is 15.1 Å². The normalized spacial score (nSPS) is 24.6. The maximum Gasteiger partial charge on any atom is 0.251 e. The summed E-state index contributed by atoms with van der Waals surface area (Å²) in [5, 5.41) is 0. The van der Waals surface area contributed by atoms with Crippen LogP contribution in [0.25, 0.3) is 0 Å². The summed E-state index contributed by atoms with van der Waals surface area (Å²) in [6.07, 6.45) is 3.00. The summed E-state index contributed by atoms with van der Waals surface area (Å²) in [6.45, 7) is 7.24. The highest BCUT2D eigenvalue weighted by molar-refractivity contribution is 5.81. The van der Waals surface area contributed by atoms with Gasteiger partial charge in [0.25, 0.3) is 5.91 Å². The van der Waals surface area contributed by atoms with E-state index in [-0.39, 0.29) is 11.9 Å². The summed E-state index contributed by atoms with van der Waals surface area (Å²) in [4.78, 5) is 16.4. The van der Waals surface area contributed by atoms with Crippen LogP contribution in [0.3, 0.4) is 0 Å². The van der Waals surface area contributed by atoms with E-state index in [0.29, 0.717) is 6.04 Å². The first-order valence-corrected chi connectivity index (χ1v) is 6.58. The van der Waals surface area contributed by atoms with E-state index in [1.165, 1.54) is 0 Å². The molecule has 0 bridgehead atoms. The van der Waals surface area contributed by atoms with Crippen molar-refractivity contribution >= 4 is 5.91 Å². The van der Waals surface area contributed by atoms with Crippen molar-refractivity contribution < 1.29 is 4.79 Å². The summed E-state index contributed by atoms with van der Waals surface area (Å²) in [7, 11) is 2.16. The lowest BCUT2D eigenvalue weighted by molar-refractivity contribution is -0.128. The van der Waals surface area contributed by atoms with E-state index in [2.05, 4.69) is 36.1 Å². The van der Waals surface area contributed by atoms with Crippen LogP contribution in [0.5, 0.6) is 0 Å². The molecule has 0 saturated carbocycles. The van der Waals surface area contributed by atoms with Crippen molar-refractivity contribution in [3.63, 3.8) is 0 Å². The molecule has 5 heteroatoms. The summed E-state index contributed by atoms with van der Waals surface area (Å²) >= 11 is 0. The molecule has 0 aromatic rings. The molecule has 5 nitrogen and oxygen atoms in total. The maximum atomic E-state index is 11.8. The second-order valence-corrected chi connectivity index (χ2v) is 4.85. The average Bonchev–Trinajstić information content (AvgIpc) is 2.36. The number of hydrogen-bond donors (Lipinski definition) is 2. The van der Waals surface area contributed by atoms with Gasteiger partial charge < -0.3 is 4.90 Å². The van der Waals surface area contributed by atoms with Gasteiger partial charge in [-0.05, 0) is 19.9 Å². The molecule has 3 N–H and O–H groups in total. The van der Waals surface area contributed by atoms with Crippen molar-refractivity contribution in [3.8, 4) is 0 Å². The van der Waals surface area contributed by atoms with Crippen molar-refractivity contribution in [1.29, 1.82) is 0 Å². The lowest BCUT2D eigenvalue weighted by Crippen LogP contribution is -2.58. The Kier molecular flexibility index (Phi) is 5.88. The number of carbonyl (C=O) groups is 1. The van der Waals surface area contributed by atoms with Gasteiger partial charge in [0.2, 0.25) is 0 Å². The Bertz CT molecular complexity index is 247. The molecule has 1 heterocycles. The number of rotatable bonds is 5. The molecule has 1 aliphatic heterocycles. The number of nitrogens with two attached hydrogens (primary N) is 1. The zero-order chi connectivity index (χ0) is 12.8. The van der Waals surface area contributed by atoms with Gasteiger partial charge in [-0.1, -0.05) is 20.3 Å². The molecule has 0 aromatic heterocycles. The van der Waals surface area contributed by atoms with Gasteiger partial charge in [0.1, 0.15) is 0 Å². The molecule has 2 unspecified atom stereocenters. The van der Waals surface area contributed by atoms with Gasteiger partial charge in [0.15, 0.2) is 0 Å². The van der Waals surface area contributed by atoms with Crippen LogP contribution in [0.4, 0.5) is 0 Å². The van der Waals surface area contributed by atoms with Crippen molar-refractivity contribution in [2.45, 2.75) is 45.2 Å². The van der Waals surface area contributed by atoms with Crippen LogP contribution in [-0.2, 0) is 4.79 Å². The van der Waals surface area contributed by atoms with Crippen molar-refractivity contribution in [1.82, 2.24) is 15.2 Å². The number of nitrogens with one attached hydrogen (secondary N) is 1. The molecule has 1 aliphatic rings. The Hall–Kier alpha value is -0.650. The topological polar surface area (TPSA) is 61.6 Å². The predicted octanol–water partition coefficient (Wildman–Crippen LogP) is 0.171. The van der Waals surface area contributed by atoms with Gasteiger partial charge in [0, 0.05) is 25.7 Å². The second-order valence-electron chi connectivity index (χ2n) is 4.85. The van der Waals surface area contributed by atoms with E-state index < -0.39 is 0 Å². The van der Waals surface area contributed by atoms with Crippen LogP contribution in [0.15, 0.2) is 0 Å². The Balaban J connectivity index is 2.65. The molecule has 0 aliphatic carbocycles. The van der Waals surface area contributed by atoms with Crippen LogP contribution in [0.1, 0.15) is 33.1 Å². The fraction of sp³-hybridized carbons (Fsp3) is 0.917. The van der Waals surface area contributed by atoms with Gasteiger partial charge in [-0.15, -0.1) is 0 Å².